The van der Waals surface area contributed by atoms with Crippen molar-refractivity contribution in [1.82, 2.24) is 24.5 Å². The number of rotatable bonds is 7. The number of hydrogen-bond acceptors (Lipinski definition) is 7. The van der Waals surface area contributed by atoms with Gasteiger partial charge < -0.3 is 15.2 Å². The molecule has 0 saturated heterocycles. The maximum atomic E-state index is 8.84. The number of anilines is 2. The van der Waals surface area contributed by atoms with E-state index in [9.17, 15) is 0 Å². The minimum atomic E-state index is 0.457. The van der Waals surface area contributed by atoms with Crippen molar-refractivity contribution in [2.75, 3.05) is 23.7 Å². The number of benzene rings is 1. The van der Waals surface area contributed by atoms with Crippen LogP contribution in [0.5, 0.6) is 0 Å². The van der Waals surface area contributed by atoms with Gasteiger partial charge in [-0.05, 0) is 30.3 Å². The Kier molecular flexibility index (Phi) is 6.50. The highest BCUT2D eigenvalue weighted by atomic mass is 35.5. The van der Waals surface area contributed by atoms with Gasteiger partial charge in [0, 0.05) is 55.5 Å². The molecule has 0 aliphatic rings. The Bertz CT molecular complexity index is 1280. The average molecular weight is 465 g/mol. The van der Waals surface area contributed by atoms with E-state index in [4.69, 9.17) is 33.4 Å². The molecule has 0 bridgehead atoms. The first kappa shape index (κ1) is 21.6. The molecule has 4 aromatic rings. The largest absolute Gasteiger partial charge is 0.368 e. The molecule has 0 unspecified atom stereocenters. The lowest BCUT2D eigenvalue weighted by Gasteiger charge is -2.13. The Morgan fingerprint density at radius 3 is 2.53 bits per heavy atom. The van der Waals surface area contributed by atoms with E-state index in [2.05, 4.69) is 25.6 Å². The van der Waals surface area contributed by atoms with Crippen LogP contribution >= 0.6 is 23.2 Å². The van der Waals surface area contributed by atoms with Gasteiger partial charge in [0.15, 0.2) is 0 Å². The average Bonchev–Trinajstić information content (AvgIpc) is 3.23. The second-order valence-electron chi connectivity index (χ2n) is 6.84. The van der Waals surface area contributed by atoms with Gasteiger partial charge in [-0.25, -0.2) is 19.9 Å². The van der Waals surface area contributed by atoms with Gasteiger partial charge in [-0.2, -0.15) is 5.26 Å². The van der Waals surface area contributed by atoms with Crippen molar-refractivity contribution >= 4 is 35.0 Å². The van der Waals surface area contributed by atoms with Crippen LogP contribution in [0.2, 0.25) is 10.0 Å². The van der Waals surface area contributed by atoms with Crippen LogP contribution in [0.4, 0.5) is 11.8 Å². The standard InChI is InChI=1S/C22H18Cl2N8/c1-32-9-8-27-21(32)17-13-30-22(31-20(17)16-4-3-15(23)10-18(16)24)28-7-6-26-19-5-2-14(11-25)12-29-19/h2-5,8-10,12-13H,6-7H2,1H3,(H,26,29)(H,28,30,31). The lowest BCUT2D eigenvalue weighted by molar-refractivity contribution is 0.921. The van der Waals surface area contributed by atoms with Gasteiger partial charge in [0.05, 0.1) is 21.8 Å². The number of nitriles is 1. The Labute approximate surface area is 194 Å². The van der Waals surface area contributed by atoms with Gasteiger partial charge >= 0.3 is 0 Å². The summed E-state index contributed by atoms with van der Waals surface area (Å²) < 4.78 is 1.90. The minimum absolute atomic E-state index is 0.457. The van der Waals surface area contributed by atoms with Crippen molar-refractivity contribution in [1.29, 1.82) is 5.26 Å². The Hall–Kier alpha value is -3.67. The molecule has 1 aromatic carbocycles. The summed E-state index contributed by atoms with van der Waals surface area (Å²) in [4.78, 5) is 17.8. The third-order valence-corrected chi connectivity index (χ3v) is 5.19. The first-order valence-electron chi connectivity index (χ1n) is 9.69. The van der Waals surface area contributed by atoms with Gasteiger partial charge in [-0.1, -0.05) is 23.2 Å². The molecule has 8 nitrogen and oxygen atoms in total. The zero-order valence-electron chi connectivity index (χ0n) is 17.0. The summed E-state index contributed by atoms with van der Waals surface area (Å²) in [6, 6.07) is 10.8. The molecule has 0 aliphatic heterocycles. The Balaban J connectivity index is 1.54. The monoisotopic (exact) mass is 464 g/mol. The van der Waals surface area contributed by atoms with Crippen molar-refractivity contribution in [2.45, 2.75) is 0 Å². The zero-order valence-corrected chi connectivity index (χ0v) is 18.6. The minimum Gasteiger partial charge on any atom is -0.368 e. The summed E-state index contributed by atoms with van der Waals surface area (Å²) in [5, 5.41) is 16.3. The second-order valence-corrected chi connectivity index (χ2v) is 7.68. The number of nitrogens with zero attached hydrogens (tertiary/aromatic N) is 6. The Morgan fingerprint density at radius 2 is 1.84 bits per heavy atom. The number of aryl methyl sites for hydroxylation is 1. The van der Waals surface area contributed by atoms with E-state index in [0.717, 1.165) is 17.0 Å². The SMILES string of the molecule is Cn1ccnc1-c1cnc(NCCNc2ccc(C#N)cn2)nc1-c1ccc(Cl)cc1Cl. The van der Waals surface area contributed by atoms with E-state index in [1.54, 1.807) is 36.7 Å². The highest BCUT2D eigenvalue weighted by Crippen LogP contribution is 2.35. The molecule has 0 amide bonds. The second kappa shape index (κ2) is 9.64. The maximum absolute atomic E-state index is 8.84. The van der Waals surface area contributed by atoms with Crippen LogP contribution in [0.1, 0.15) is 5.56 Å². The first-order chi connectivity index (χ1) is 15.5. The lowest BCUT2D eigenvalue weighted by atomic mass is 10.1. The number of aromatic nitrogens is 5. The predicted octanol–water partition coefficient (Wildman–Crippen LogP) is 4.64. The van der Waals surface area contributed by atoms with Crippen LogP contribution in [0, 0.1) is 11.3 Å². The molecule has 3 aromatic heterocycles. The number of nitrogens with one attached hydrogen (secondary N) is 2. The number of halogens is 2. The van der Waals surface area contributed by atoms with Crippen LogP contribution in [0.25, 0.3) is 22.6 Å². The van der Waals surface area contributed by atoms with Crippen molar-refractivity contribution in [3.8, 4) is 28.7 Å². The van der Waals surface area contributed by atoms with Crippen LogP contribution in [0.15, 0.2) is 55.1 Å². The summed E-state index contributed by atoms with van der Waals surface area (Å²) in [5.41, 5.74) is 2.66. The molecule has 2 N–H and O–H groups in total. The Morgan fingerprint density at radius 1 is 1.00 bits per heavy atom. The highest BCUT2D eigenvalue weighted by molar-refractivity contribution is 6.36. The molecule has 0 saturated carbocycles. The van der Waals surface area contributed by atoms with Crippen LogP contribution in [-0.4, -0.2) is 37.6 Å². The molecule has 4 rings (SSSR count). The summed E-state index contributed by atoms with van der Waals surface area (Å²) in [7, 11) is 1.91. The fourth-order valence-corrected chi connectivity index (χ4v) is 3.57. The molecule has 32 heavy (non-hydrogen) atoms. The molecule has 3 heterocycles. The fourth-order valence-electron chi connectivity index (χ4n) is 3.07. The zero-order chi connectivity index (χ0) is 22.5. The van der Waals surface area contributed by atoms with E-state index in [0.29, 0.717) is 46.2 Å². The molecular formula is C22H18Cl2N8. The lowest BCUT2D eigenvalue weighted by Crippen LogP contribution is -2.16. The summed E-state index contributed by atoms with van der Waals surface area (Å²) >= 11 is 12.6. The summed E-state index contributed by atoms with van der Waals surface area (Å²) in [6.07, 6.45) is 6.83. The fraction of sp³-hybridized carbons (Fsp3) is 0.136. The third-order valence-electron chi connectivity index (χ3n) is 4.64. The topological polar surface area (TPSA) is 104 Å². The third kappa shape index (κ3) is 4.80. The van der Waals surface area contributed by atoms with Crippen molar-refractivity contribution < 1.29 is 0 Å². The van der Waals surface area contributed by atoms with Crippen LogP contribution in [-0.2, 0) is 7.05 Å². The predicted molar refractivity (Wildman–Crippen MR) is 126 cm³/mol. The normalized spacial score (nSPS) is 10.6. The van der Waals surface area contributed by atoms with Crippen molar-refractivity contribution in [2.24, 2.45) is 7.05 Å². The van der Waals surface area contributed by atoms with Gasteiger partial charge in [0.1, 0.15) is 17.7 Å². The molecule has 160 valence electrons. The van der Waals surface area contributed by atoms with Gasteiger partial charge in [0.2, 0.25) is 5.95 Å². The molecule has 0 radical (unpaired) electrons. The van der Waals surface area contributed by atoms with Gasteiger partial charge in [-0.15, -0.1) is 0 Å². The first-order valence-corrected chi connectivity index (χ1v) is 10.4. The van der Waals surface area contributed by atoms with E-state index >= 15 is 0 Å². The van der Waals surface area contributed by atoms with Crippen LogP contribution in [0.3, 0.4) is 0 Å². The number of pyridine rings is 1. The number of hydrogen-bond donors (Lipinski definition) is 2. The maximum Gasteiger partial charge on any atom is 0.223 e. The van der Waals surface area contributed by atoms with Gasteiger partial charge in [-0.3, -0.25) is 0 Å². The van der Waals surface area contributed by atoms with E-state index in [1.807, 2.05) is 29.9 Å². The summed E-state index contributed by atoms with van der Waals surface area (Å²) in [5.74, 6) is 1.87. The van der Waals surface area contributed by atoms with E-state index in [-0.39, 0.29) is 0 Å². The molecule has 0 atom stereocenters. The quantitative estimate of drug-likeness (QED) is 0.383. The van der Waals surface area contributed by atoms with E-state index < -0.39 is 0 Å². The molecular weight excluding hydrogens is 447 g/mol. The molecule has 0 fully saturated rings. The highest BCUT2D eigenvalue weighted by Gasteiger charge is 2.17. The van der Waals surface area contributed by atoms with Crippen LogP contribution < -0.4 is 10.6 Å². The number of imidazole rings is 1. The molecule has 0 spiro atoms. The smallest absolute Gasteiger partial charge is 0.223 e. The van der Waals surface area contributed by atoms with Crippen molar-refractivity contribution in [3.05, 3.63) is 70.7 Å². The molecule has 10 heteroatoms. The van der Waals surface area contributed by atoms with E-state index in [1.165, 1.54) is 6.20 Å². The summed E-state index contributed by atoms with van der Waals surface area (Å²) in [6.45, 7) is 1.14. The molecule has 0 aliphatic carbocycles. The van der Waals surface area contributed by atoms with Gasteiger partial charge in [0.25, 0.3) is 0 Å². The van der Waals surface area contributed by atoms with Crippen molar-refractivity contribution in [3.63, 3.8) is 0 Å².